The minimum Gasteiger partial charge on any atom is -0.352 e. The number of fused-ring (bicyclic) bond motifs is 2. The molecule has 2 saturated heterocycles. The lowest BCUT2D eigenvalue weighted by Gasteiger charge is -2.24. The first-order valence-corrected chi connectivity index (χ1v) is 23.3. The van der Waals surface area contributed by atoms with E-state index in [1.54, 1.807) is 23.9 Å². The molecule has 2 heterocycles. The van der Waals surface area contributed by atoms with Gasteiger partial charge in [0, 0.05) is 39.0 Å². The highest BCUT2D eigenvalue weighted by Gasteiger charge is 2.29. The zero-order valence-electron chi connectivity index (χ0n) is 39.6. The lowest BCUT2D eigenvalue weighted by Crippen LogP contribution is -2.49. The van der Waals surface area contributed by atoms with E-state index in [4.69, 9.17) is 0 Å². The minimum atomic E-state index is -0.729. The number of nitrogens with one attached hydrogen (secondary N) is 6. The third-order valence-corrected chi connectivity index (χ3v) is 10.8. The van der Waals surface area contributed by atoms with E-state index in [0.717, 1.165) is 64.2 Å². The zero-order chi connectivity index (χ0) is 47.5. The van der Waals surface area contributed by atoms with Gasteiger partial charge >= 0.3 is 0 Å². The average molecular weight is 887 g/mol. The van der Waals surface area contributed by atoms with Crippen molar-refractivity contribution in [1.29, 1.82) is 0 Å². The molecule has 0 saturated carbocycles. The third kappa shape index (κ3) is 19.9. The first-order chi connectivity index (χ1) is 31.3. The topological polar surface area (TPSA) is 181 Å². The van der Waals surface area contributed by atoms with Crippen molar-refractivity contribution in [3.63, 3.8) is 0 Å². The summed E-state index contributed by atoms with van der Waals surface area (Å²) in [5.41, 5.74) is 5.35. The maximum Gasteiger partial charge on any atom is 0.246 e. The molecule has 4 aliphatic rings. The van der Waals surface area contributed by atoms with Gasteiger partial charge in [-0.1, -0.05) is 76.2 Å². The summed E-state index contributed by atoms with van der Waals surface area (Å²) in [6, 6.07) is 15.7. The van der Waals surface area contributed by atoms with Crippen LogP contribution in [0.15, 0.2) is 61.7 Å². The van der Waals surface area contributed by atoms with Gasteiger partial charge in [-0.3, -0.25) is 28.8 Å². The molecule has 6 N–H and O–H groups in total. The Bertz CT molecular complexity index is 1610. The van der Waals surface area contributed by atoms with Gasteiger partial charge in [0.15, 0.2) is 0 Å². The predicted octanol–water partition coefficient (Wildman–Crippen LogP) is 4.90. The Hall–Kier alpha value is -5.52. The molecule has 14 heteroatoms. The number of nitrogens with zero attached hydrogens (tertiary/aromatic N) is 2. The second-order valence-electron chi connectivity index (χ2n) is 15.0. The molecule has 354 valence electrons. The normalized spacial score (nSPS) is 17.2. The van der Waals surface area contributed by atoms with Crippen LogP contribution in [-0.4, -0.2) is 112 Å². The lowest BCUT2D eigenvalue weighted by atomic mass is 9.88. The summed E-state index contributed by atoms with van der Waals surface area (Å²) in [5.74, 6) is 5.09. The van der Waals surface area contributed by atoms with Crippen molar-refractivity contribution in [2.45, 2.75) is 129 Å². The minimum absolute atomic E-state index is 0.112. The fraction of sp³-hybridized carbons (Fsp3) is 0.560. The standard InChI is InChI=1S/C22H36N6O4.2C11H13NO.2C2H6.C2H4/c1-23-15-19(29)25-17(21(31)27-11-5-6-12-27)9-3-4-10-18(26-20(30)16-24-2)22(32)28-13-7-8-14-28;2*13-8-12-11-7-3-5-9-4-1-2-6-10(9)11;3*1-2/h17-18,23-24H,5-16H2,1-2H3,(H,25,29)(H,26,30);2*1-2,4,6,8,11H,3,5,7H2,(H,12,13);2*1-2H3;1-2H2. The molecule has 2 aromatic carbocycles. The van der Waals surface area contributed by atoms with Gasteiger partial charge in [-0.05, 0) is 101 Å². The largest absolute Gasteiger partial charge is 0.352 e. The number of amides is 6. The molecule has 0 bridgehead atoms. The number of likely N-dealkylation sites (tertiary alicyclic amines) is 2. The summed E-state index contributed by atoms with van der Waals surface area (Å²) in [7, 11) is 3.33. The van der Waals surface area contributed by atoms with Crippen LogP contribution in [0.4, 0.5) is 0 Å². The van der Waals surface area contributed by atoms with Crippen LogP contribution >= 0.6 is 0 Å². The number of likely N-dealkylation sites (N-methyl/N-ethyl adjacent to an activating group) is 2. The highest BCUT2D eigenvalue weighted by molar-refractivity contribution is 5.89. The van der Waals surface area contributed by atoms with Crippen molar-refractivity contribution in [1.82, 2.24) is 41.7 Å². The molecule has 64 heavy (non-hydrogen) atoms. The van der Waals surface area contributed by atoms with Crippen LogP contribution in [0.5, 0.6) is 0 Å². The summed E-state index contributed by atoms with van der Waals surface area (Å²) in [6.45, 7) is 17.0. The number of carbonyl (C=O) groups excluding carboxylic acids is 6. The molecular weight excluding hydrogens is 809 g/mol. The molecule has 2 aliphatic heterocycles. The highest BCUT2D eigenvalue weighted by Crippen LogP contribution is 2.29. The quantitative estimate of drug-likeness (QED) is 0.0881. The van der Waals surface area contributed by atoms with Crippen molar-refractivity contribution in [2.24, 2.45) is 0 Å². The van der Waals surface area contributed by atoms with Gasteiger partial charge in [-0.2, -0.15) is 0 Å². The van der Waals surface area contributed by atoms with Crippen LogP contribution < -0.4 is 31.9 Å². The number of rotatable bonds is 14. The average Bonchev–Trinajstić information content (AvgIpc) is 4.09. The molecule has 6 amide bonds. The molecule has 2 aromatic rings. The second kappa shape index (κ2) is 34.9. The zero-order valence-corrected chi connectivity index (χ0v) is 39.6. The molecule has 0 radical (unpaired) electrons. The van der Waals surface area contributed by atoms with Gasteiger partial charge in [0.25, 0.3) is 0 Å². The van der Waals surface area contributed by atoms with E-state index in [1.807, 2.05) is 39.8 Å². The monoisotopic (exact) mass is 887 g/mol. The van der Waals surface area contributed by atoms with Crippen molar-refractivity contribution in [3.8, 4) is 11.8 Å². The summed E-state index contributed by atoms with van der Waals surface area (Å²) in [4.78, 5) is 73.9. The Morgan fingerprint density at radius 3 is 1.28 bits per heavy atom. The molecule has 6 rings (SSSR count). The number of hydrogen-bond donors (Lipinski definition) is 6. The van der Waals surface area contributed by atoms with Crippen LogP contribution in [0.25, 0.3) is 0 Å². The van der Waals surface area contributed by atoms with E-state index < -0.39 is 12.1 Å². The molecular formula is C50H78N8O6. The first kappa shape index (κ1) is 56.5. The Morgan fingerprint density at radius 1 is 0.609 bits per heavy atom. The molecule has 4 unspecified atom stereocenters. The molecule has 0 aromatic heterocycles. The summed E-state index contributed by atoms with van der Waals surface area (Å²) < 4.78 is 0. The number of benzene rings is 2. The lowest BCUT2D eigenvalue weighted by molar-refractivity contribution is -0.135. The van der Waals surface area contributed by atoms with Gasteiger partial charge in [0.2, 0.25) is 36.4 Å². The Balaban J connectivity index is 0.000000521. The van der Waals surface area contributed by atoms with Crippen molar-refractivity contribution in [2.75, 3.05) is 53.4 Å². The van der Waals surface area contributed by atoms with E-state index >= 15 is 0 Å². The smallest absolute Gasteiger partial charge is 0.246 e. The van der Waals surface area contributed by atoms with E-state index in [2.05, 4.69) is 93.3 Å². The summed E-state index contributed by atoms with van der Waals surface area (Å²) in [5, 5.41) is 16.8. The number of aryl methyl sites for hydroxylation is 2. The first-order valence-electron chi connectivity index (χ1n) is 23.3. The SMILES string of the molecule is C=C.CC.CC.CNCC(=O)NC(CC#CCC(NC(=O)CNC)C(=O)N1CCCC1)C(=O)N1CCCC1.O=CNC1CCCc2ccccc21.O=CNC1CCCc2ccccc21. The van der Waals surface area contributed by atoms with Crippen molar-refractivity contribution >= 4 is 36.4 Å². The van der Waals surface area contributed by atoms with Gasteiger partial charge in [-0.25, -0.2) is 0 Å². The molecule has 2 fully saturated rings. The van der Waals surface area contributed by atoms with Gasteiger partial charge in [-0.15, -0.1) is 25.0 Å². The second-order valence-corrected chi connectivity index (χ2v) is 15.0. The van der Waals surface area contributed by atoms with Crippen LogP contribution in [0.1, 0.15) is 126 Å². The van der Waals surface area contributed by atoms with Gasteiger partial charge in [0.05, 0.1) is 25.2 Å². The molecule has 2 aliphatic carbocycles. The number of hydrogen-bond acceptors (Lipinski definition) is 8. The van der Waals surface area contributed by atoms with Crippen LogP contribution in [-0.2, 0) is 41.6 Å². The summed E-state index contributed by atoms with van der Waals surface area (Å²) in [6.07, 6.45) is 12.5. The third-order valence-electron chi connectivity index (χ3n) is 10.8. The van der Waals surface area contributed by atoms with Gasteiger partial charge in [0.1, 0.15) is 12.1 Å². The summed E-state index contributed by atoms with van der Waals surface area (Å²) >= 11 is 0. The van der Waals surface area contributed by atoms with Gasteiger partial charge < -0.3 is 41.7 Å². The maximum absolute atomic E-state index is 12.8. The molecule has 0 spiro atoms. The Morgan fingerprint density at radius 2 is 0.953 bits per heavy atom. The van der Waals surface area contributed by atoms with E-state index in [1.165, 1.54) is 35.1 Å². The Kier molecular flexibility index (Phi) is 30.8. The van der Waals surface area contributed by atoms with E-state index in [0.29, 0.717) is 26.2 Å². The van der Waals surface area contributed by atoms with E-state index in [9.17, 15) is 28.8 Å². The Labute approximate surface area is 383 Å². The molecule has 4 atom stereocenters. The predicted molar refractivity (Wildman–Crippen MR) is 257 cm³/mol. The van der Waals surface area contributed by atoms with Crippen molar-refractivity contribution < 1.29 is 28.8 Å². The number of carbonyl (C=O) groups is 6. The van der Waals surface area contributed by atoms with Crippen LogP contribution in [0.3, 0.4) is 0 Å². The van der Waals surface area contributed by atoms with Crippen LogP contribution in [0, 0.1) is 11.8 Å². The van der Waals surface area contributed by atoms with Crippen LogP contribution in [0.2, 0.25) is 0 Å². The maximum atomic E-state index is 12.8. The van der Waals surface area contributed by atoms with Crippen molar-refractivity contribution in [3.05, 3.63) is 83.9 Å². The highest BCUT2D eigenvalue weighted by atomic mass is 16.2. The fourth-order valence-corrected chi connectivity index (χ4v) is 7.89. The van der Waals surface area contributed by atoms with E-state index in [-0.39, 0.29) is 61.6 Å². The molecule has 14 nitrogen and oxygen atoms in total. The fourth-order valence-electron chi connectivity index (χ4n) is 7.89.